The van der Waals surface area contributed by atoms with E-state index in [4.69, 9.17) is 10.2 Å². The van der Waals surface area contributed by atoms with Gasteiger partial charge in [0, 0.05) is 30.5 Å². The number of nitrogens with zero attached hydrogens (tertiary/aromatic N) is 5. The van der Waals surface area contributed by atoms with Crippen molar-refractivity contribution in [2.45, 2.75) is 32.4 Å². The topological polar surface area (TPSA) is 77.7 Å². The number of nitrogens with one attached hydrogen (secondary N) is 1. The standard InChI is InChI=1S/C20H20N6S/c1-14-7-16(11-22-10-14)12-26-6-2-3-18(26)17-13-27-20(24-17)25-19-8-15(9-21)4-5-23-19/h4-5,7-8,10-11,13,18H,2-3,6,12H2,1H3,(H,23,24,25)/t18-/m0/s1. The average molecular weight is 376 g/mol. The van der Waals surface area contributed by atoms with Crippen molar-refractivity contribution < 1.29 is 0 Å². The molecule has 1 atom stereocenters. The SMILES string of the molecule is Cc1cncc(CN2CCC[C@H]2c2csc(Nc3cc(C#N)ccn3)n2)c1. The van der Waals surface area contributed by atoms with Crippen LogP contribution in [0.15, 0.2) is 42.2 Å². The molecule has 4 heterocycles. The summed E-state index contributed by atoms with van der Waals surface area (Å²) in [6, 6.07) is 8.07. The molecule has 1 aliphatic heterocycles. The van der Waals surface area contributed by atoms with Gasteiger partial charge < -0.3 is 5.32 Å². The van der Waals surface area contributed by atoms with Crippen LogP contribution < -0.4 is 5.32 Å². The van der Waals surface area contributed by atoms with E-state index in [1.54, 1.807) is 29.7 Å². The lowest BCUT2D eigenvalue weighted by atomic mass is 10.1. The maximum absolute atomic E-state index is 9.01. The molecule has 1 aliphatic rings. The number of nitriles is 1. The van der Waals surface area contributed by atoms with Crippen LogP contribution in [0.1, 0.15) is 41.3 Å². The molecule has 0 aromatic carbocycles. The van der Waals surface area contributed by atoms with Crippen LogP contribution in [0.5, 0.6) is 0 Å². The highest BCUT2D eigenvalue weighted by Crippen LogP contribution is 2.35. The van der Waals surface area contributed by atoms with Gasteiger partial charge in [0.05, 0.1) is 23.4 Å². The number of pyridine rings is 2. The van der Waals surface area contributed by atoms with Crippen molar-refractivity contribution in [2.24, 2.45) is 0 Å². The molecule has 7 heteroatoms. The molecule has 0 radical (unpaired) electrons. The first-order valence-electron chi connectivity index (χ1n) is 8.94. The summed E-state index contributed by atoms with van der Waals surface area (Å²) in [5.74, 6) is 0.643. The Balaban J connectivity index is 1.47. The molecule has 1 N–H and O–H groups in total. The molecule has 6 nitrogen and oxygen atoms in total. The molecule has 3 aromatic rings. The number of thiazole rings is 1. The van der Waals surface area contributed by atoms with E-state index in [1.807, 2.05) is 12.4 Å². The zero-order chi connectivity index (χ0) is 18.6. The van der Waals surface area contributed by atoms with E-state index in [-0.39, 0.29) is 0 Å². The highest BCUT2D eigenvalue weighted by atomic mass is 32.1. The minimum atomic E-state index is 0.329. The third-order valence-corrected chi connectivity index (χ3v) is 5.44. The number of aromatic nitrogens is 3. The van der Waals surface area contributed by atoms with E-state index in [9.17, 15) is 0 Å². The van der Waals surface area contributed by atoms with Crippen molar-refractivity contribution in [3.63, 3.8) is 0 Å². The number of likely N-dealkylation sites (tertiary alicyclic amines) is 1. The number of rotatable bonds is 5. The van der Waals surface area contributed by atoms with Crippen molar-refractivity contribution in [3.8, 4) is 6.07 Å². The van der Waals surface area contributed by atoms with Gasteiger partial charge in [0.2, 0.25) is 0 Å². The summed E-state index contributed by atoms with van der Waals surface area (Å²) in [5.41, 5.74) is 4.11. The monoisotopic (exact) mass is 376 g/mol. The highest BCUT2D eigenvalue weighted by Gasteiger charge is 2.28. The predicted octanol–water partition coefficient (Wildman–Crippen LogP) is 4.19. The van der Waals surface area contributed by atoms with Crippen LogP contribution >= 0.6 is 11.3 Å². The molecule has 0 unspecified atom stereocenters. The van der Waals surface area contributed by atoms with Gasteiger partial charge in [0.25, 0.3) is 0 Å². The number of anilines is 2. The molecule has 0 amide bonds. The van der Waals surface area contributed by atoms with Crippen LogP contribution in [0.4, 0.5) is 10.9 Å². The highest BCUT2D eigenvalue weighted by molar-refractivity contribution is 7.13. The molecule has 0 aliphatic carbocycles. The van der Waals surface area contributed by atoms with Crippen LogP contribution in [-0.4, -0.2) is 26.4 Å². The number of aryl methyl sites for hydroxylation is 1. The summed E-state index contributed by atoms with van der Waals surface area (Å²) in [4.78, 5) is 15.8. The van der Waals surface area contributed by atoms with Gasteiger partial charge in [0.1, 0.15) is 5.82 Å². The Morgan fingerprint density at radius 2 is 2.30 bits per heavy atom. The van der Waals surface area contributed by atoms with Crippen LogP contribution in [0.25, 0.3) is 0 Å². The second-order valence-electron chi connectivity index (χ2n) is 6.74. The van der Waals surface area contributed by atoms with E-state index in [1.165, 1.54) is 17.5 Å². The first-order chi connectivity index (χ1) is 13.2. The second kappa shape index (κ2) is 7.82. The molecule has 4 rings (SSSR count). The molecule has 136 valence electrons. The lowest BCUT2D eigenvalue weighted by molar-refractivity contribution is 0.245. The third-order valence-electron chi connectivity index (χ3n) is 4.67. The molecule has 0 spiro atoms. The van der Waals surface area contributed by atoms with E-state index < -0.39 is 0 Å². The van der Waals surface area contributed by atoms with Gasteiger partial charge in [-0.05, 0) is 49.6 Å². The van der Waals surface area contributed by atoms with Crippen molar-refractivity contribution in [1.82, 2.24) is 19.9 Å². The van der Waals surface area contributed by atoms with Gasteiger partial charge in [0.15, 0.2) is 5.13 Å². The largest absolute Gasteiger partial charge is 0.316 e. The Morgan fingerprint density at radius 3 is 3.15 bits per heavy atom. The fraction of sp³-hybridized carbons (Fsp3) is 0.300. The van der Waals surface area contributed by atoms with Crippen LogP contribution in [0.3, 0.4) is 0 Å². The molecule has 0 saturated carbocycles. The zero-order valence-corrected chi connectivity index (χ0v) is 15.9. The predicted molar refractivity (Wildman–Crippen MR) is 106 cm³/mol. The molecule has 3 aromatic heterocycles. The van der Waals surface area contributed by atoms with Gasteiger partial charge in [-0.2, -0.15) is 5.26 Å². The summed E-state index contributed by atoms with van der Waals surface area (Å²) in [6.07, 6.45) is 7.76. The summed E-state index contributed by atoms with van der Waals surface area (Å²) >= 11 is 1.57. The Morgan fingerprint density at radius 1 is 1.37 bits per heavy atom. The fourth-order valence-electron chi connectivity index (χ4n) is 3.46. The fourth-order valence-corrected chi connectivity index (χ4v) is 4.23. The van der Waals surface area contributed by atoms with Gasteiger partial charge >= 0.3 is 0 Å². The molecule has 1 fully saturated rings. The van der Waals surface area contributed by atoms with Gasteiger partial charge in [-0.15, -0.1) is 11.3 Å². The maximum atomic E-state index is 9.01. The van der Waals surface area contributed by atoms with Crippen LogP contribution in [0, 0.1) is 18.3 Å². The molecule has 1 saturated heterocycles. The normalized spacial score (nSPS) is 17.0. The van der Waals surface area contributed by atoms with E-state index in [0.717, 1.165) is 30.3 Å². The Hall–Kier alpha value is -2.82. The summed E-state index contributed by atoms with van der Waals surface area (Å²) in [6.45, 7) is 4.04. The third kappa shape index (κ3) is 4.13. The zero-order valence-electron chi connectivity index (χ0n) is 15.1. The molecule has 27 heavy (non-hydrogen) atoms. The summed E-state index contributed by atoms with van der Waals surface area (Å²) < 4.78 is 0. The molecular formula is C20H20N6S. The Kier molecular flexibility index (Phi) is 5.10. The maximum Gasteiger partial charge on any atom is 0.188 e. The van der Waals surface area contributed by atoms with Crippen LogP contribution in [0.2, 0.25) is 0 Å². The lowest BCUT2D eigenvalue weighted by Crippen LogP contribution is -2.23. The smallest absolute Gasteiger partial charge is 0.188 e. The van der Waals surface area contributed by atoms with Crippen molar-refractivity contribution in [3.05, 3.63) is 64.6 Å². The molecular weight excluding hydrogens is 356 g/mol. The average Bonchev–Trinajstić information content (AvgIpc) is 3.31. The Labute approximate surface area is 162 Å². The van der Waals surface area contributed by atoms with Crippen molar-refractivity contribution in [1.29, 1.82) is 5.26 Å². The van der Waals surface area contributed by atoms with E-state index >= 15 is 0 Å². The number of hydrogen-bond donors (Lipinski definition) is 1. The van der Waals surface area contributed by atoms with Crippen LogP contribution in [-0.2, 0) is 6.54 Å². The minimum absolute atomic E-state index is 0.329. The second-order valence-corrected chi connectivity index (χ2v) is 7.60. The van der Waals surface area contributed by atoms with Gasteiger partial charge in [-0.25, -0.2) is 9.97 Å². The van der Waals surface area contributed by atoms with E-state index in [2.05, 4.69) is 44.6 Å². The summed E-state index contributed by atoms with van der Waals surface area (Å²) in [5, 5.41) is 15.1. The van der Waals surface area contributed by atoms with Gasteiger partial charge in [-0.1, -0.05) is 6.07 Å². The Bertz CT molecular complexity index is 976. The number of hydrogen-bond acceptors (Lipinski definition) is 7. The first kappa shape index (κ1) is 17.6. The summed E-state index contributed by atoms with van der Waals surface area (Å²) in [7, 11) is 0. The van der Waals surface area contributed by atoms with Crippen molar-refractivity contribution in [2.75, 3.05) is 11.9 Å². The minimum Gasteiger partial charge on any atom is -0.316 e. The van der Waals surface area contributed by atoms with E-state index in [0.29, 0.717) is 17.4 Å². The molecule has 0 bridgehead atoms. The first-order valence-corrected chi connectivity index (χ1v) is 9.82. The quantitative estimate of drug-likeness (QED) is 0.719. The lowest BCUT2D eigenvalue weighted by Gasteiger charge is -2.23. The van der Waals surface area contributed by atoms with Crippen molar-refractivity contribution >= 4 is 22.3 Å². The van der Waals surface area contributed by atoms with Gasteiger partial charge in [-0.3, -0.25) is 9.88 Å².